The van der Waals surface area contributed by atoms with E-state index >= 15 is 0 Å². The molecule has 2 aliphatic heterocycles. The Morgan fingerprint density at radius 2 is 1.96 bits per heavy atom. The Balaban J connectivity index is 1.79. The number of carbonyl (C=O) groups is 2. The van der Waals surface area contributed by atoms with Gasteiger partial charge >= 0.3 is 6.03 Å². The largest absolute Gasteiger partial charge is 0.327 e. The highest BCUT2D eigenvalue weighted by Gasteiger charge is 2.56. The summed E-state index contributed by atoms with van der Waals surface area (Å²) in [6.45, 7) is 6.32. The van der Waals surface area contributed by atoms with Gasteiger partial charge in [0.1, 0.15) is 5.54 Å². The maximum atomic E-state index is 13.0. The van der Waals surface area contributed by atoms with E-state index in [1.54, 1.807) is 24.3 Å². The quantitative estimate of drug-likeness (QED) is 0.797. The van der Waals surface area contributed by atoms with Gasteiger partial charge in [-0.25, -0.2) is 4.79 Å². The van der Waals surface area contributed by atoms with Crippen LogP contribution in [0.5, 0.6) is 0 Å². The topological polar surface area (TPSA) is 56.8 Å². The molecular formula is C17H24N4O2. The van der Waals surface area contributed by atoms with E-state index in [-0.39, 0.29) is 11.9 Å². The third kappa shape index (κ3) is 2.61. The van der Waals surface area contributed by atoms with Crippen molar-refractivity contribution in [2.75, 3.05) is 20.1 Å². The van der Waals surface area contributed by atoms with Gasteiger partial charge < -0.3 is 9.80 Å². The minimum Gasteiger partial charge on any atom is -0.312 e. The summed E-state index contributed by atoms with van der Waals surface area (Å²) in [6, 6.07) is 3.98. The van der Waals surface area contributed by atoms with E-state index in [0.717, 1.165) is 18.7 Å². The number of likely N-dealkylation sites (N-methyl/N-ethyl adjacent to an activating group) is 1. The Labute approximate surface area is 137 Å². The number of aromatic nitrogens is 1. The lowest BCUT2D eigenvalue weighted by molar-refractivity contribution is -0.135. The number of carbonyl (C=O) groups excluding carboxylic acids is 2. The zero-order chi connectivity index (χ0) is 16.6. The normalized spacial score (nSPS) is 21.7. The molecule has 2 fully saturated rings. The molecule has 3 amide bonds. The molecule has 6 heteroatoms. The smallest absolute Gasteiger partial charge is 0.312 e. The lowest BCUT2D eigenvalue weighted by atomic mass is 9.85. The van der Waals surface area contributed by atoms with Crippen molar-refractivity contribution in [2.24, 2.45) is 0 Å². The van der Waals surface area contributed by atoms with E-state index in [0.29, 0.717) is 25.4 Å². The lowest BCUT2D eigenvalue weighted by Gasteiger charge is -2.42. The van der Waals surface area contributed by atoms with Crippen LogP contribution in [0.1, 0.15) is 32.3 Å². The highest BCUT2D eigenvalue weighted by atomic mass is 16.2. The molecule has 0 bridgehead atoms. The Morgan fingerprint density at radius 1 is 1.26 bits per heavy atom. The number of urea groups is 1. The summed E-state index contributed by atoms with van der Waals surface area (Å²) in [6.07, 6.45) is 4.80. The Hall–Kier alpha value is -1.95. The number of pyridine rings is 1. The second-order valence-electron chi connectivity index (χ2n) is 6.76. The first-order chi connectivity index (χ1) is 11.0. The zero-order valence-corrected chi connectivity index (χ0v) is 14.0. The number of nitrogens with zero attached hydrogens (tertiary/aromatic N) is 4. The van der Waals surface area contributed by atoms with Gasteiger partial charge in [-0.1, -0.05) is 6.07 Å². The minimum absolute atomic E-state index is 0.0581. The maximum absolute atomic E-state index is 13.0. The summed E-state index contributed by atoms with van der Waals surface area (Å²) >= 11 is 0. The average Bonchev–Trinajstić information content (AvgIpc) is 2.73. The zero-order valence-electron chi connectivity index (χ0n) is 14.0. The van der Waals surface area contributed by atoms with Gasteiger partial charge in [-0.2, -0.15) is 0 Å². The Bertz CT molecular complexity index is 594. The van der Waals surface area contributed by atoms with E-state index in [9.17, 15) is 9.59 Å². The molecule has 3 heterocycles. The van der Waals surface area contributed by atoms with Crippen LogP contribution in [-0.4, -0.2) is 63.3 Å². The summed E-state index contributed by atoms with van der Waals surface area (Å²) in [5.74, 6) is -0.0581. The number of amides is 3. The first-order valence-corrected chi connectivity index (χ1v) is 8.18. The van der Waals surface area contributed by atoms with Crippen LogP contribution in [-0.2, 0) is 11.3 Å². The molecule has 2 aliphatic rings. The molecule has 0 N–H and O–H groups in total. The second kappa shape index (κ2) is 5.92. The van der Waals surface area contributed by atoms with Gasteiger partial charge in [-0.05, 0) is 38.3 Å². The number of piperidine rings is 1. The highest BCUT2D eigenvalue weighted by Crippen LogP contribution is 2.37. The van der Waals surface area contributed by atoms with Crippen molar-refractivity contribution in [3.8, 4) is 0 Å². The van der Waals surface area contributed by atoms with Gasteiger partial charge in [-0.3, -0.25) is 14.7 Å². The van der Waals surface area contributed by atoms with Gasteiger partial charge in [0.25, 0.3) is 5.91 Å². The molecule has 6 nitrogen and oxygen atoms in total. The number of rotatable bonds is 3. The van der Waals surface area contributed by atoms with Crippen molar-refractivity contribution < 1.29 is 9.59 Å². The van der Waals surface area contributed by atoms with Crippen LogP contribution in [0.4, 0.5) is 4.79 Å². The molecule has 124 valence electrons. The van der Waals surface area contributed by atoms with Crippen molar-refractivity contribution in [1.29, 1.82) is 0 Å². The summed E-state index contributed by atoms with van der Waals surface area (Å²) in [5.41, 5.74) is 0.212. The molecule has 1 aromatic heterocycles. The van der Waals surface area contributed by atoms with Crippen molar-refractivity contribution in [3.63, 3.8) is 0 Å². The van der Waals surface area contributed by atoms with Crippen LogP contribution in [0, 0.1) is 0 Å². The number of likely N-dealkylation sites (tertiary alicyclic amines) is 1. The Morgan fingerprint density at radius 3 is 2.52 bits per heavy atom. The lowest BCUT2D eigenvalue weighted by Crippen LogP contribution is -2.56. The third-order valence-electron chi connectivity index (χ3n) is 5.22. The van der Waals surface area contributed by atoms with Crippen molar-refractivity contribution in [1.82, 2.24) is 19.7 Å². The molecule has 1 aromatic rings. The maximum Gasteiger partial charge on any atom is 0.327 e. The molecule has 0 saturated carbocycles. The summed E-state index contributed by atoms with van der Waals surface area (Å²) in [4.78, 5) is 35.1. The van der Waals surface area contributed by atoms with Crippen LogP contribution in [0.2, 0.25) is 0 Å². The summed E-state index contributed by atoms with van der Waals surface area (Å²) in [5, 5.41) is 0. The molecule has 2 saturated heterocycles. The van der Waals surface area contributed by atoms with E-state index in [4.69, 9.17) is 0 Å². The Kier molecular flexibility index (Phi) is 4.10. The fourth-order valence-electron chi connectivity index (χ4n) is 3.62. The fourth-order valence-corrected chi connectivity index (χ4v) is 3.62. The first kappa shape index (κ1) is 15.9. The van der Waals surface area contributed by atoms with Crippen LogP contribution in [0.15, 0.2) is 24.5 Å². The predicted octanol–water partition coefficient (Wildman–Crippen LogP) is 1.72. The molecule has 23 heavy (non-hydrogen) atoms. The van der Waals surface area contributed by atoms with E-state index in [1.165, 1.54) is 4.90 Å². The number of hydrogen-bond acceptors (Lipinski definition) is 4. The standard InChI is InChI=1S/C17H24N4O2/c1-13(2)20-9-6-17(7-10-20)15(22)21(16(23)19(17)3)12-14-5-4-8-18-11-14/h4-5,8,11,13H,6-7,9-10,12H2,1-3H3. The molecule has 0 unspecified atom stereocenters. The van der Waals surface area contributed by atoms with E-state index in [1.807, 2.05) is 12.1 Å². The fraction of sp³-hybridized carbons (Fsp3) is 0.588. The summed E-state index contributed by atoms with van der Waals surface area (Å²) < 4.78 is 0. The molecule has 0 aliphatic carbocycles. The van der Waals surface area contributed by atoms with E-state index in [2.05, 4.69) is 23.7 Å². The van der Waals surface area contributed by atoms with Crippen LogP contribution in [0.25, 0.3) is 0 Å². The van der Waals surface area contributed by atoms with Crippen molar-refractivity contribution in [3.05, 3.63) is 30.1 Å². The van der Waals surface area contributed by atoms with Crippen LogP contribution >= 0.6 is 0 Å². The predicted molar refractivity (Wildman–Crippen MR) is 86.6 cm³/mol. The van der Waals surface area contributed by atoms with Gasteiger partial charge in [-0.15, -0.1) is 0 Å². The third-order valence-corrected chi connectivity index (χ3v) is 5.22. The van der Waals surface area contributed by atoms with Crippen LogP contribution in [0.3, 0.4) is 0 Å². The van der Waals surface area contributed by atoms with E-state index < -0.39 is 5.54 Å². The van der Waals surface area contributed by atoms with Gasteiger partial charge in [0.15, 0.2) is 0 Å². The molecule has 1 spiro atoms. The molecular weight excluding hydrogens is 292 g/mol. The van der Waals surface area contributed by atoms with Gasteiger partial charge in [0, 0.05) is 38.6 Å². The first-order valence-electron chi connectivity index (χ1n) is 8.18. The summed E-state index contributed by atoms with van der Waals surface area (Å²) in [7, 11) is 1.76. The molecule has 0 atom stereocenters. The van der Waals surface area contributed by atoms with Crippen LogP contribution < -0.4 is 0 Å². The van der Waals surface area contributed by atoms with Gasteiger partial charge in [0.2, 0.25) is 0 Å². The average molecular weight is 316 g/mol. The number of hydrogen-bond donors (Lipinski definition) is 0. The molecule has 0 aromatic carbocycles. The number of imide groups is 1. The van der Waals surface area contributed by atoms with Crippen molar-refractivity contribution in [2.45, 2.75) is 44.8 Å². The monoisotopic (exact) mass is 316 g/mol. The molecule has 3 rings (SSSR count). The molecule has 0 radical (unpaired) electrons. The second-order valence-corrected chi connectivity index (χ2v) is 6.76. The van der Waals surface area contributed by atoms with Crippen molar-refractivity contribution >= 4 is 11.9 Å². The minimum atomic E-state index is -0.662. The SMILES string of the molecule is CC(C)N1CCC2(CC1)C(=O)N(Cc1cccnc1)C(=O)N2C. The highest BCUT2D eigenvalue weighted by molar-refractivity contribution is 6.06. The van der Waals surface area contributed by atoms with Gasteiger partial charge in [0.05, 0.1) is 6.54 Å².